The summed E-state index contributed by atoms with van der Waals surface area (Å²) >= 11 is 0. The summed E-state index contributed by atoms with van der Waals surface area (Å²) in [7, 11) is 2.19. The molecule has 0 unspecified atom stereocenters. The summed E-state index contributed by atoms with van der Waals surface area (Å²) in [6.45, 7) is 0. The van der Waals surface area contributed by atoms with Crippen LogP contribution in [0.2, 0.25) is 0 Å². The zero-order chi connectivity index (χ0) is 19.1. The second-order valence-corrected chi connectivity index (χ2v) is 7.96. The molecule has 0 spiro atoms. The van der Waals surface area contributed by atoms with Crippen LogP contribution in [0.3, 0.4) is 0 Å². The van der Waals surface area contributed by atoms with Gasteiger partial charge >= 0.3 is 0 Å². The Kier molecular flexibility index (Phi) is 2.71. The maximum Gasteiger partial charge on any atom is 0.0568 e. The van der Waals surface area contributed by atoms with Crippen LogP contribution < -0.4 is 0 Å². The Labute approximate surface area is 167 Å². The Morgan fingerprint density at radius 2 is 1.21 bits per heavy atom. The molecule has 0 bridgehead atoms. The maximum absolute atomic E-state index is 3.66. The Balaban J connectivity index is 1.84. The quantitative estimate of drug-likeness (QED) is 0.290. The number of fused-ring (bicyclic) bond motifs is 11. The Morgan fingerprint density at radius 3 is 2.07 bits per heavy atom. The molecule has 2 nitrogen and oxygen atoms in total. The van der Waals surface area contributed by atoms with Gasteiger partial charge in [0.25, 0.3) is 0 Å². The van der Waals surface area contributed by atoms with Crippen molar-refractivity contribution >= 4 is 65.2 Å². The second kappa shape index (κ2) is 5.18. The lowest BCUT2D eigenvalue weighted by atomic mass is 9.99. The van der Waals surface area contributed by atoms with Gasteiger partial charge in [-0.25, -0.2) is 0 Å². The highest BCUT2D eigenvalue weighted by molar-refractivity contribution is 6.33. The summed E-state index contributed by atoms with van der Waals surface area (Å²) in [5, 5.41) is 10.5. The number of hydrogen-bond acceptors (Lipinski definition) is 0. The van der Waals surface area contributed by atoms with E-state index >= 15 is 0 Å². The molecule has 0 aliphatic carbocycles. The lowest BCUT2D eigenvalue weighted by molar-refractivity contribution is 1.02. The third-order valence-corrected chi connectivity index (χ3v) is 6.50. The van der Waals surface area contributed by atoms with Gasteiger partial charge in [0.15, 0.2) is 0 Å². The third kappa shape index (κ3) is 1.81. The molecule has 136 valence electrons. The van der Waals surface area contributed by atoms with Crippen molar-refractivity contribution in [1.82, 2.24) is 9.55 Å². The first-order valence-electron chi connectivity index (χ1n) is 10.0. The van der Waals surface area contributed by atoms with Gasteiger partial charge in [-0.05, 0) is 34.4 Å². The van der Waals surface area contributed by atoms with E-state index in [2.05, 4.69) is 102 Å². The molecule has 2 aromatic heterocycles. The lowest BCUT2D eigenvalue weighted by Gasteiger charge is -2.02. The number of rotatable bonds is 0. The molecule has 29 heavy (non-hydrogen) atoms. The Morgan fingerprint density at radius 1 is 0.552 bits per heavy atom. The van der Waals surface area contributed by atoms with Gasteiger partial charge in [0.05, 0.1) is 5.52 Å². The minimum absolute atomic E-state index is 1.20. The molecule has 0 atom stereocenters. The third-order valence-electron chi connectivity index (χ3n) is 6.50. The molecule has 2 heteroatoms. The molecule has 0 aliphatic heterocycles. The number of H-pyrrole nitrogens is 1. The zero-order valence-corrected chi connectivity index (χ0v) is 16.0. The van der Waals surface area contributed by atoms with Crippen LogP contribution in [0.5, 0.6) is 0 Å². The van der Waals surface area contributed by atoms with Crippen LogP contribution in [-0.2, 0) is 7.05 Å². The topological polar surface area (TPSA) is 20.7 Å². The molecule has 0 radical (unpaired) electrons. The summed E-state index contributed by atoms with van der Waals surface area (Å²) in [6, 6.07) is 30.8. The molecular weight excluding hydrogens is 352 g/mol. The fourth-order valence-corrected chi connectivity index (χ4v) is 5.24. The van der Waals surface area contributed by atoms with E-state index in [4.69, 9.17) is 0 Å². The van der Waals surface area contributed by atoms with E-state index in [0.717, 1.165) is 0 Å². The number of aryl methyl sites for hydroxylation is 1. The summed E-state index contributed by atoms with van der Waals surface area (Å²) < 4.78 is 2.36. The summed E-state index contributed by atoms with van der Waals surface area (Å²) in [5.41, 5.74) is 4.98. The highest BCUT2D eigenvalue weighted by atomic mass is 14.9. The van der Waals surface area contributed by atoms with E-state index in [9.17, 15) is 0 Å². The van der Waals surface area contributed by atoms with E-state index in [-0.39, 0.29) is 0 Å². The lowest BCUT2D eigenvalue weighted by Crippen LogP contribution is -1.87. The fraction of sp³-hybridized carbons (Fsp3) is 0.0370. The summed E-state index contributed by atoms with van der Waals surface area (Å²) in [4.78, 5) is 3.66. The summed E-state index contributed by atoms with van der Waals surface area (Å²) in [6.07, 6.45) is 0. The van der Waals surface area contributed by atoms with Gasteiger partial charge in [-0.2, -0.15) is 0 Å². The van der Waals surface area contributed by atoms with Crippen molar-refractivity contribution in [2.75, 3.05) is 0 Å². The number of aromatic nitrogens is 2. The van der Waals surface area contributed by atoms with Crippen molar-refractivity contribution in [2.24, 2.45) is 7.05 Å². The van der Waals surface area contributed by atoms with Crippen LogP contribution >= 0.6 is 0 Å². The van der Waals surface area contributed by atoms with Gasteiger partial charge in [-0.1, -0.05) is 66.7 Å². The van der Waals surface area contributed by atoms with Crippen molar-refractivity contribution in [1.29, 1.82) is 0 Å². The minimum atomic E-state index is 1.20. The molecular formula is C27H18N2. The van der Waals surface area contributed by atoms with Crippen molar-refractivity contribution in [2.45, 2.75) is 0 Å². The van der Waals surface area contributed by atoms with Gasteiger partial charge in [0.2, 0.25) is 0 Å². The minimum Gasteiger partial charge on any atom is -0.354 e. The fourth-order valence-electron chi connectivity index (χ4n) is 5.24. The molecule has 2 heterocycles. The van der Waals surface area contributed by atoms with Gasteiger partial charge in [-0.3, -0.25) is 0 Å². The first kappa shape index (κ1) is 15.2. The Bertz CT molecular complexity index is 1760. The Hall–Kier alpha value is -3.78. The number of nitrogens with one attached hydrogen (secondary N) is 1. The van der Waals surface area contributed by atoms with Gasteiger partial charge in [-0.15, -0.1) is 0 Å². The summed E-state index contributed by atoms with van der Waals surface area (Å²) in [5.74, 6) is 0. The van der Waals surface area contributed by atoms with Crippen molar-refractivity contribution in [3.8, 4) is 0 Å². The smallest absolute Gasteiger partial charge is 0.0568 e. The van der Waals surface area contributed by atoms with Crippen molar-refractivity contribution in [3.63, 3.8) is 0 Å². The molecule has 7 aromatic rings. The average molecular weight is 370 g/mol. The van der Waals surface area contributed by atoms with Crippen LogP contribution in [0.1, 0.15) is 0 Å². The molecule has 5 aromatic carbocycles. The predicted molar refractivity (Wildman–Crippen MR) is 125 cm³/mol. The number of nitrogens with zero attached hydrogens (tertiary/aromatic N) is 1. The van der Waals surface area contributed by atoms with E-state index in [1.807, 2.05) is 0 Å². The zero-order valence-electron chi connectivity index (χ0n) is 16.0. The number of aromatic amines is 1. The van der Waals surface area contributed by atoms with Crippen molar-refractivity contribution < 1.29 is 0 Å². The first-order chi connectivity index (χ1) is 14.3. The largest absolute Gasteiger partial charge is 0.354 e. The highest BCUT2D eigenvalue weighted by Crippen LogP contribution is 2.42. The average Bonchev–Trinajstić information content (AvgIpc) is 3.29. The molecule has 0 amide bonds. The second-order valence-electron chi connectivity index (χ2n) is 7.96. The molecule has 1 N–H and O–H groups in total. The number of hydrogen-bond donors (Lipinski definition) is 1. The SMILES string of the molecule is Cn1c2ccc3[nH]c4ccc5ccccc5c4c3c2c2ccc3ccccc3c21. The number of benzene rings is 5. The molecule has 7 rings (SSSR count). The standard InChI is InChI=1S/C27H18N2/c1-29-23-15-14-22-26(24-18-8-4-2-6-16(18)11-13-21(24)28-22)25(23)20-12-10-17-7-3-5-9-19(17)27(20)29/h2-15,28H,1H3. The van der Waals surface area contributed by atoms with Crippen molar-refractivity contribution in [3.05, 3.63) is 84.9 Å². The molecule has 0 aliphatic rings. The van der Waals surface area contributed by atoms with Gasteiger partial charge < -0.3 is 9.55 Å². The van der Waals surface area contributed by atoms with E-state index in [0.29, 0.717) is 0 Å². The van der Waals surface area contributed by atoms with Crippen LogP contribution in [-0.4, -0.2) is 9.55 Å². The first-order valence-corrected chi connectivity index (χ1v) is 10.0. The van der Waals surface area contributed by atoms with Crippen LogP contribution in [0.15, 0.2) is 84.9 Å². The van der Waals surface area contributed by atoms with Gasteiger partial charge in [0.1, 0.15) is 0 Å². The van der Waals surface area contributed by atoms with Gasteiger partial charge in [0, 0.05) is 50.5 Å². The van der Waals surface area contributed by atoms with Crippen LogP contribution in [0.4, 0.5) is 0 Å². The van der Waals surface area contributed by atoms with E-state index in [1.165, 1.54) is 65.2 Å². The predicted octanol–water partition coefficient (Wildman–Crippen LogP) is 7.27. The monoisotopic (exact) mass is 370 g/mol. The van der Waals surface area contributed by atoms with E-state index < -0.39 is 0 Å². The van der Waals surface area contributed by atoms with Crippen LogP contribution in [0.25, 0.3) is 65.2 Å². The molecule has 0 fully saturated rings. The van der Waals surface area contributed by atoms with Crippen LogP contribution in [0, 0.1) is 0 Å². The van der Waals surface area contributed by atoms with E-state index in [1.54, 1.807) is 0 Å². The normalized spacial score (nSPS) is 12.3. The molecule has 0 saturated carbocycles. The highest BCUT2D eigenvalue weighted by Gasteiger charge is 2.17. The molecule has 0 saturated heterocycles. The maximum atomic E-state index is 3.66.